The number of carbonyl (C=O) groups is 2. The van der Waals surface area contributed by atoms with Gasteiger partial charge in [0.2, 0.25) is 0 Å². The fourth-order valence-corrected chi connectivity index (χ4v) is 4.22. The van der Waals surface area contributed by atoms with E-state index in [-0.39, 0.29) is 23.7 Å². The molecule has 0 saturated heterocycles. The SMILES string of the molecule is COc1ccc(C2C(C(=O)CC(C)C)=C(O)C(=O)N2Cc2cccs2)cc1OC. The van der Waals surface area contributed by atoms with E-state index in [0.29, 0.717) is 23.6 Å². The Morgan fingerprint density at radius 3 is 2.52 bits per heavy atom. The highest BCUT2D eigenvalue weighted by atomic mass is 32.1. The van der Waals surface area contributed by atoms with Crippen molar-refractivity contribution >= 4 is 23.0 Å². The van der Waals surface area contributed by atoms with Gasteiger partial charge >= 0.3 is 0 Å². The predicted octanol–water partition coefficient (Wildman–Crippen LogP) is 4.28. The van der Waals surface area contributed by atoms with Crippen molar-refractivity contribution in [1.29, 1.82) is 0 Å². The Morgan fingerprint density at radius 1 is 1.21 bits per heavy atom. The van der Waals surface area contributed by atoms with E-state index < -0.39 is 17.7 Å². The Labute approximate surface area is 174 Å². The topological polar surface area (TPSA) is 76.1 Å². The first-order valence-electron chi connectivity index (χ1n) is 9.39. The Bertz CT molecular complexity index is 933. The monoisotopic (exact) mass is 415 g/mol. The number of nitrogens with zero attached hydrogens (tertiary/aromatic N) is 1. The molecule has 1 aromatic heterocycles. The molecule has 0 bridgehead atoms. The molecule has 0 aliphatic carbocycles. The van der Waals surface area contributed by atoms with Crippen LogP contribution in [-0.2, 0) is 16.1 Å². The zero-order chi connectivity index (χ0) is 21.1. The lowest BCUT2D eigenvalue weighted by Crippen LogP contribution is -2.30. The van der Waals surface area contributed by atoms with Gasteiger partial charge in [0.1, 0.15) is 0 Å². The smallest absolute Gasteiger partial charge is 0.290 e. The first-order valence-corrected chi connectivity index (χ1v) is 10.3. The van der Waals surface area contributed by atoms with E-state index in [1.165, 1.54) is 23.3 Å². The molecular weight excluding hydrogens is 390 g/mol. The molecule has 6 nitrogen and oxygen atoms in total. The molecule has 1 unspecified atom stereocenters. The zero-order valence-corrected chi connectivity index (χ0v) is 17.8. The molecule has 1 aliphatic heterocycles. The molecule has 7 heteroatoms. The molecule has 3 rings (SSSR count). The summed E-state index contributed by atoms with van der Waals surface area (Å²) in [5.74, 6) is -0.0730. The minimum Gasteiger partial charge on any atom is -0.503 e. The molecule has 1 N–H and O–H groups in total. The Morgan fingerprint density at radius 2 is 1.93 bits per heavy atom. The Kier molecular flexibility index (Phi) is 6.27. The summed E-state index contributed by atoms with van der Waals surface area (Å²) in [6.07, 6.45) is 0.253. The molecule has 1 aliphatic rings. The number of methoxy groups -OCH3 is 2. The molecule has 2 aromatic rings. The van der Waals surface area contributed by atoms with Crippen molar-refractivity contribution in [2.45, 2.75) is 32.9 Å². The van der Waals surface area contributed by atoms with Gasteiger partial charge in [-0.3, -0.25) is 9.59 Å². The van der Waals surface area contributed by atoms with Gasteiger partial charge in [0.05, 0.1) is 32.4 Å². The highest BCUT2D eigenvalue weighted by Gasteiger charge is 2.43. The van der Waals surface area contributed by atoms with Gasteiger partial charge in [0.15, 0.2) is 23.0 Å². The molecule has 29 heavy (non-hydrogen) atoms. The molecule has 2 heterocycles. The Hall–Kier alpha value is -2.80. The quantitative estimate of drug-likeness (QED) is 0.697. The van der Waals surface area contributed by atoms with Crippen molar-refractivity contribution in [1.82, 2.24) is 4.90 Å². The zero-order valence-electron chi connectivity index (χ0n) is 17.0. The average Bonchev–Trinajstić information content (AvgIpc) is 3.29. The number of amides is 1. The highest BCUT2D eigenvalue weighted by Crippen LogP contribution is 2.42. The number of ketones is 1. The van der Waals surface area contributed by atoms with Crippen molar-refractivity contribution in [2.75, 3.05) is 14.2 Å². The minimum atomic E-state index is -0.685. The third-order valence-electron chi connectivity index (χ3n) is 4.83. The van der Waals surface area contributed by atoms with Gasteiger partial charge in [-0.1, -0.05) is 26.0 Å². The maximum absolute atomic E-state index is 13.0. The maximum atomic E-state index is 13.0. The third-order valence-corrected chi connectivity index (χ3v) is 5.69. The molecule has 1 aromatic carbocycles. The van der Waals surface area contributed by atoms with Gasteiger partial charge in [-0.05, 0) is 35.1 Å². The predicted molar refractivity (Wildman–Crippen MR) is 111 cm³/mol. The molecule has 1 amide bonds. The van der Waals surface area contributed by atoms with Crippen LogP contribution in [0.3, 0.4) is 0 Å². The van der Waals surface area contributed by atoms with Crippen LogP contribution in [0.15, 0.2) is 47.0 Å². The normalized spacial score (nSPS) is 16.7. The summed E-state index contributed by atoms with van der Waals surface area (Å²) in [7, 11) is 3.08. The molecule has 0 radical (unpaired) electrons. The largest absolute Gasteiger partial charge is 0.503 e. The van der Waals surface area contributed by atoms with E-state index in [1.54, 1.807) is 25.3 Å². The second-order valence-corrected chi connectivity index (χ2v) is 8.35. The summed E-state index contributed by atoms with van der Waals surface area (Å²) in [5.41, 5.74) is 0.830. The maximum Gasteiger partial charge on any atom is 0.290 e. The van der Waals surface area contributed by atoms with Gasteiger partial charge in [0.25, 0.3) is 5.91 Å². The first-order chi connectivity index (χ1) is 13.9. The summed E-state index contributed by atoms with van der Waals surface area (Å²) in [6.45, 7) is 4.17. The van der Waals surface area contributed by atoms with Crippen LogP contribution < -0.4 is 9.47 Å². The van der Waals surface area contributed by atoms with Crippen molar-refractivity contribution in [2.24, 2.45) is 5.92 Å². The number of Topliss-reactive ketones (excluding diaryl/α,β-unsaturated/α-hetero) is 1. The molecule has 1 atom stereocenters. The summed E-state index contributed by atoms with van der Waals surface area (Å²) >= 11 is 1.52. The lowest BCUT2D eigenvalue weighted by Gasteiger charge is -2.27. The average molecular weight is 416 g/mol. The number of hydrogen-bond donors (Lipinski definition) is 1. The number of aliphatic hydroxyl groups is 1. The number of ether oxygens (including phenoxy) is 2. The number of carbonyl (C=O) groups excluding carboxylic acids is 2. The fourth-order valence-electron chi connectivity index (χ4n) is 3.52. The second kappa shape index (κ2) is 8.69. The lowest BCUT2D eigenvalue weighted by atomic mass is 9.92. The van der Waals surface area contributed by atoms with Crippen LogP contribution in [-0.4, -0.2) is 35.9 Å². The molecule has 0 saturated carbocycles. The molecule has 0 spiro atoms. The van der Waals surface area contributed by atoms with Crippen molar-refractivity contribution in [3.8, 4) is 11.5 Å². The van der Waals surface area contributed by atoms with Crippen LogP contribution in [0.1, 0.15) is 36.8 Å². The van der Waals surface area contributed by atoms with Gasteiger partial charge in [-0.25, -0.2) is 0 Å². The van der Waals surface area contributed by atoms with Crippen LogP contribution in [0.2, 0.25) is 0 Å². The summed E-state index contributed by atoms with van der Waals surface area (Å²) in [5, 5.41) is 12.5. The number of benzene rings is 1. The fraction of sp³-hybridized carbons (Fsp3) is 0.364. The summed E-state index contributed by atoms with van der Waals surface area (Å²) in [4.78, 5) is 28.4. The van der Waals surface area contributed by atoms with Gasteiger partial charge in [-0.2, -0.15) is 0 Å². The van der Waals surface area contributed by atoms with E-state index in [9.17, 15) is 14.7 Å². The van der Waals surface area contributed by atoms with E-state index in [2.05, 4.69) is 0 Å². The van der Waals surface area contributed by atoms with Crippen molar-refractivity contribution in [3.63, 3.8) is 0 Å². The highest BCUT2D eigenvalue weighted by molar-refractivity contribution is 7.09. The van der Waals surface area contributed by atoms with Crippen molar-refractivity contribution in [3.05, 3.63) is 57.5 Å². The standard InChI is InChI=1S/C22H25NO5S/c1-13(2)10-16(24)19-20(14-7-8-17(27-3)18(11-14)28-4)23(22(26)21(19)25)12-15-6-5-9-29-15/h5-9,11,13,20,25H,10,12H2,1-4H3. The van der Waals surface area contributed by atoms with E-state index >= 15 is 0 Å². The van der Waals surface area contributed by atoms with Gasteiger partial charge in [0, 0.05) is 11.3 Å². The molecule has 0 fully saturated rings. The number of aliphatic hydroxyl groups excluding tert-OH is 1. The van der Waals surface area contributed by atoms with E-state index in [1.807, 2.05) is 31.4 Å². The second-order valence-electron chi connectivity index (χ2n) is 7.31. The number of hydrogen-bond acceptors (Lipinski definition) is 6. The number of rotatable bonds is 8. The lowest BCUT2D eigenvalue weighted by molar-refractivity contribution is -0.130. The van der Waals surface area contributed by atoms with Crippen LogP contribution in [0.25, 0.3) is 0 Å². The molecular formula is C22H25NO5S. The van der Waals surface area contributed by atoms with Gasteiger partial charge < -0.3 is 19.5 Å². The van der Waals surface area contributed by atoms with Crippen LogP contribution in [0.4, 0.5) is 0 Å². The van der Waals surface area contributed by atoms with Crippen molar-refractivity contribution < 1.29 is 24.2 Å². The van der Waals surface area contributed by atoms with Crippen LogP contribution >= 0.6 is 11.3 Å². The summed E-state index contributed by atoms with van der Waals surface area (Å²) < 4.78 is 10.7. The van der Waals surface area contributed by atoms with E-state index in [4.69, 9.17) is 9.47 Å². The minimum absolute atomic E-state index is 0.107. The van der Waals surface area contributed by atoms with E-state index in [0.717, 1.165) is 4.88 Å². The van der Waals surface area contributed by atoms with Crippen LogP contribution in [0.5, 0.6) is 11.5 Å². The van der Waals surface area contributed by atoms with Crippen LogP contribution in [0, 0.1) is 5.92 Å². The first kappa shape index (κ1) is 20.9. The number of thiophene rings is 1. The molecule has 154 valence electrons. The van der Waals surface area contributed by atoms with Gasteiger partial charge in [-0.15, -0.1) is 11.3 Å². The Balaban J connectivity index is 2.09. The third kappa shape index (κ3) is 4.15. The summed E-state index contributed by atoms with van der Waals surface area (Å²) in [6, 6.07) is 8.43.